The maximum atomic E-state index is 11.0. The molecule has 2 heteroatoms. The molecule has 0 aliphatic heterocycles. The van der Waals surface area contributed by atoms with Crippen LogP contribution in [0.4, 0.5) is 0 Å². The standard InChI is InChI=1S/C11H20O2/c1-4-6-7-9-10(3)13-11(12)8-5-2/h6-7,10H,4-5,8-9H2,1-3H3/b7-6+. The van der Waals surface area contributed by atoms with Crippen molar-refractivity contribution in [2.24, 2.45) is 0 Å². The van der Waals surface area contributed by atoms with E-state index >= 15 is 0 Å². The van der Waals surface area contributed by atoms with Crippen molar-refractivity contribution < 1.29 is 9.53 Å². The Morgan fingerprint density at radius 1 is 1.38 bits per heavy atom. The molecule has 0 saturated heterocycles. The summed E-state index contributed by atoms with van der Waals surface area (Å²) in [6.45, 7) is 5.99. The molecule has 1 atom stereocenters. The molecule has 2 nitrogen and oxygen atoms in total. The first-order valence-electron chi connectivity index (χ1n) is 5.05. The van der Waals surface area contributed by atoms with E-state index in [4.69, 9.17) is 4.74 Å². The lowest BCUT2D eigenvalue weighted by Gasteiger charge is -2.10. The molecule has 0 aliphatic carbocycles. The fourth-order valence-corrected chi connectivity index (χ4v) is 0.990. The molecule has 0 aromatic rings. The molecule has 0 amide bonds. The molecule has 0 radical (unpaired) electrons. The van der Waals surface area contributed by atoms with Crippen LogP contribution in [0.3, 0.4) is 0 Å². The third kappa shape index (κ3) is 7.57. The van der Waals surface area contributed by atoms with Gasteiger partial charge >= 0.3 is 5.97 Å². The fraction of sp³-hybridized carbons (Fsp3) is 0.727. The predicted molar refractivity (Wildman–Crippen MR) is 54.5 cm³/mol. The fourth-order valence-electron chi connectivity index (χ4n) is 0.990. The smallest absolute Gasteiger partial charge is 0.306 e. The second kappa shape index (κ2) is 7.84. The van der Waals surface area contributed by atoms with Gasteiger partial charge in [-0.25, -0.2) is 0 Å². The molecular weight excluding hydrogens is 164 g/mol. The number of allylic oxidation sites excluding steroid dienone is 1. The number of carbonyl (C=O) groups excluding carboxylic acids is 1. The maximum Gasteiger partial charge on any atom is 0.306 e. The summed E-state index contributed by atoms with van der Waals surface area (Å²) < 4.78 is 5.15. The van der Waals surface area contributed by atoms with E-state index in [1.807, 2.05) is 13.8 Å². The van der Waals surface area contributed by atoms with Crippen molar-refractivity contribution in [3.8, 4) is 0 Å². The lowest BCUT2D eigenvalue weighted by Crippen LogP contribution is -2.13. The van der Waals surface area contributed by atoms with Crippen molar-refractivity contribution in [2.45, 2.75) is 52.6 Å². The summed E-state index contributed by atoms with van der Waals surface area (Å²) >= 11 is 0. The maximum absolute atomic E-state index is 11.0. The molecule has 13 heavy (non-hydrogen) atoms. The van der Waals surface area contributed by atoms with Gasteiger partial charge in [-0.15, -0.1) is 0 Å². The Morgan fingerprint density at radius 3 is 2.62 bits per heavy atom. The predicted octanol–water partition coefficient (Wildman–Crippen LogP) is 3.07. The highest BCUT2D eigenvalue weighted by molar-refractivity contribution is 5.69. The van der Waals surface area contributed by atoms with E-state index in [-0.39, 0.29) is 12.1 Å². The van der Waals surface area contributed by atoms with Crippen molar-refractivity contribution in [3.05, 3.63) is 12.2 Å². The largest absolute Gasteiger partial charge is 0.462 e. The molecule has 1 unspecified atom stereocenters. The first-order chi connectivity index (χ1) is 6.20. The number of ether oxygens (including phenoxy) is 1. The third-order valence-electron chi connectivity index (χ3n) is 1.66. The molecule has 0 bridgehead atoms. The van der Waals surface area contributed by atoms with Gasteiger partial charge in [0.15, 0.2) is 0 Å². The highest BCUT2D eigenvalue weighted by Crippen LogP contribution is 2.02. The normalized spacial score (nSPS) is 13.2. The van der Waals surface area contributed by atoms with Crippen LogP contribution in [0.2, 0.25) is 0 Å². The molecule has 0 aromatic carbocycles. The summed E-state index contributed by atoms with van der Waals surface area (Å²) in [5, 5.41) is 0. The molecule has 0 fully saturated rings. The van der Waals surface area contributed by atoms with Crippen LogP contribution in [0.15, 0.2) is 12.2 Å². The Morgan fingerprint density at radius 2 is 2.08 bits per heavy atom. The molecule has 0 aliphatic rings. The number of esters is 1. The van der Waals surface area contributed by atoms with Gasteiger partial charge < -0.3 is 4.74 Å². The van der Waals surface area contributed by atoms with E-state index in [2.05, 4.69) is 19.1 Å². The topological polar surface area (TPSA) is 26.3 Å². The zero-order valence-corrected chi connectivity index (χ0v) is 8.88. The molecule has 0 saturated carbocycles. The number of hydrogen-bond donors (Lipinski definition) is 0. The highest BCUT2D eigenvalue weighted by Gasteiger charge is 2.05. The van der Waals surface area contributed by atoms with Crippen molar-refractivity contribution >= 4 is 5.97 Å². The minimum absolute atomic E-state index is 0.0156. The molecule has 0 rings (SSSR count). The number of carbonyl (C=O) groups is 1. The Balaban J connectivity index is 3.55. The summed E-state index contributed by atoms with van der Waals surface area (Å²) in [5.41, 5.74) is 0. The average molecular weight is 184 g/mol. The zero-order chi connectivity index (χ0) is 10.1. The van der Waals surface area contributed by atoms with Crippen LogP contribution in [-0.4, -0.2) is 12.1 Å². The molecule has 0 spiro atoms. The van der Waals surface area contributed by atoms with Gasteiger partial charge in [-0.05, 0) is 19.8 Å². The van der Waals surface area contributed by atoms with E-state index in [1.54, 1.807) is 0 Å². The summed E-state index contributed by atoms with van der Waals surface area (Å²) in [4.78, 5) is 11.0. The number of hydrogen-bond acceptors (Lipinski definition) is 2. The highest BCUT2D eigenvalue weighted by atomic mass is 16.5. The van der Waals surface area contributed by atoms with Gasteiger partial charge in [0, 0.05) is 12.8 Å². The lowest BCUT2D eigenvalue weighted by atomic mass is 10.2. The van der Waals surface area contributed by atoms with Crippen LogP contribution in [0.5, 0.6) is 0 Å². The minimum atomic E-state index is -0.0834. The van der Waals surface area contributed by atoms with Crippen LogP contribution >= 0.6 is 0 Å². The van der Waals surface area contributed by atoms with Crippen LogP contribution < -0.4 is 0 Å². The van der Waals surface area contributed by atoms with Crippen LogP contribution in [-0.2, 0) is 9.53 Å². The zero-order valence-electron chi connectivity index (χ0n) is 8.88. The van der Waals surface area contributed by atoms with Crippen molar-refractivity contribution in [2.75, 3.05) is 0 Å². The summed E-state index contributed by atoms with van der Waals surface area (Å²) in [6, 6.07) is 0. The summed E-state index contributed by atoms with van der Waals surface area (Å²) in [5.74, 6) is -0.0834. The molecule has 0 heterocycles. The first-order valence-corrected chi connectivity index (χ1v) is 5.05. The van der Waals surface area contributed by atoms with Crippen molar-refractivity contribution in [1.29, 1.82) is 0 Å². The van der Waals surface area contributed by atoms with Crippen LogP contribution in [0.25, 0.3) is 0 Å². The van der Waals surface area contributed by atoms with Gasteiger partial charge in [0.2, 0.25) is 0 Å². The minimum Gasteiger partial charge on any atom is -0.462 e. The monoisotopic (exact) mass is 184 g/mol. The first kappa shape index (κ1) is 12.2. The van der Waals surface area contributed by atoms with Gasteiger partial charge in [0.25, 0.3) is 0 Å². The SMILES string of the molecule is CC/C=C/CC(C)OC(=O)CCC. The van der Waals surface area contributed by atoms with E-state index in [0.717, 1.165) is 19.3 Å². The van der Waals surface area contributed by atoms with Gasteiger partial charge in [0.1, 0.15) is 6.10 Å². The molecule has 0 aromatic heterocycles. The van der Waals surface area contributed by atoms with Gasteiger partial charge in [-0.2, -0.15) is 0 Å². The number of rotatable bonds is 6. The molecule has 76 valence electrons. The molecule has 0 N–H and O–H groups in total. The van der Waals surface area contributed by atoms with Crippen molar-refractivity contribution in [3.63, 3.8) is 0 Å². The van der Waals surface area contributed by atoms with E-state index in [1.165, 1.54) is 0 Å². The van der Waals surface area contributed by atoms with E-state index < -0.39 is 0 Å². The van der Waals surface area contributed by atoms with Gasteiger partial charge in [0.05, 0.1) is 0 Å². The Hall–Kier alpha value is -0.790. The van der Waals surface area contributed by atoms with E-state index in [0.29, 0.717) is 6.42 Å². The second-order valence-corrected chi connectivity index (χ2v) is 3.17. The van der Waals surface area contributed by atoms with E-state index in [9.17, 15) is 4.79 Å². The van der Waals surface area contributed by atoms with Crippen LogP contribution in [0, 0.1) is 0 Å². The Kier molecular flexibility index (Phi) is 7.36. The third-order valence-corrected chi connectivity index (χ3v) is 1.66. The van der Waals surface area contributed by atoms with Crippen molar-refractivity contribution in [1.82, 2.24) is 0 Å². The summed E-state index contributed by atoms with van der Waals surface area (Å²) in [7, 11) is 0. The Bertz CT molecular complexity index is 161. The molecular formula is C11H20O2. The van der Waals surface area contributed by atoms with Crippen LogP contribution in [0.1, 0.15) is 46.5 Å². The summed E-state index contributed by atoms with van der Waals surface area (Å²) in [6.07, 6.45) is 7.41. The average Bonchev–Trinajstić information content (AvgIpc) is 2.05. The second-order valence-electron chi connectivity index (χ2n) is 3.17. The quantitative estimate of drug-likeness (QED) is 0.468. The van der Waals surface area contributed by atoms with Gasteiger partial charge in [-0.3, -0.25) is 4.79 Å². The van der Waals surface area contributed by atoms with Gasteiger partial charge in [-0.1, -0.05) is 26.0 Å². The lowest BCUT2D eigenvalue weighted by molar-refractivity contribution is -0.148. The Labute approximate surface area is 81.0 Å².